The Kier molecular flexibility index (Phi) is 6.81. The normalized spacial score (nSPS) is 10.9. The Balaban J connectivity index is 1.38. The smallest absolute Gasteiger partial charge is 0.356 e. The molecule has 176 valence electrons. The number of carbonyl (C=O) groups excluding carboxylic acids is 2. The molecule has 0 aliphatic heterocycles. The standard InChI is InChI=1S/C23H25N7O4/c1-4-11-33-23(32)19-13-18(28-30(19)3)22(31)26-10-9-25-21-17-12-16(20-27-14(2)34-29-20)6-5-15(17)7-8-24-21/h5-8,12-13H,4,9-11H2,1-3H3,(H,24,25)(H,26,31). The van der Waals surface area contributed by atoms with Crippen molar-refractivity contribution in [1.82, 2.24) is 30.2 Å². The van der Waals surface area contributed by atoms with E-state index in [1.165, 1.54) is 10.7 Å². The average Bonchev–Trinajstić information content (AvgIpc) is 3.45. The molecule has 3 aromatic heterocycles. The molecule has 11 heteroatoms. The molecule has 2 N–H and O–H groups in total. The average molecular weight is 463 g/mol. The van der Waals surface area contributed by atoms with Crippen LogP contribution in [-0.4, -0.2) is 56.5 Å². The molecule has 0 saturated carbocycles. The first-order valence-corrected chi connectivity index (χ1v) is 10.9. The lowest BCUT2D eigenvalue weighted by Crippen LogP contribution is -2.29. The molecule has 3 heterocycles. The molecular weight excluding hydrogens is 438 g/mol. The largest absolute Gasteiger partial charge is 0.461 e. The number of ether oxygens (including phenoxy) is 1. The fourth-order valence-electron chi connectivity index (χ4n) is 3.35. The van der Waals surface area contributed by atoms with Crippen LogP contribution in [0.4, 0.5) is 5.82 Å². The second-order valence-electron chi connectivity index (χ2n) is 7.59. The summed E-state index contributed by atoms with van der Waals surface area (Å²) in [5.41, 5.74) is 1.19. The highest BCUT2D eigenvalue weighted by atomic mass is 16.5. The lowest BCUT2D eigenvalue weighted by molar-refractivity contribution is 0.0492. The van der Waals surface area contributed by atoms with Gasteiger partial charge in [-0.15, -0.1) is 0 Å². The summed E-state index contributed by atoms with van der Waals surface area (Å²) >= 11 is 0. The maximum absolute atomic E-state index is 12.5. The minimum absolute atomic E-state index is 0.147. The third kappa shape index (κ3) is 5.03. The molecule has 34 heavy (non-hydrogen) atoms. The number of aryl methyl sites for hydroxylation is 2. The van der Waals surface area contributed by atoms with Crippen LogP contribution in [0.15, 0.2) is 41.1 Å². The van der Waals surface area contributed by atoms with Crippen molar-refractivity contribution in [3.63, 3.8) is 0 Å². The van der Waals surface area contributed by atoms with Gasteiger partial charge in [-0.25, -0.2) is 9.78 Å². The van der Waals surface area contributed by atoms with Crippen LogP contribution in [0.1, 0.15) is 40.2 Å². The highest BCUT2D eigenvalue weighted by Crippen LogP contribution is 2.26. The summed E-state index contributed by atoms with van der Waals surface area (Å²) in [6, 6.07) is 9.18. The Morgan fingerprint density at radius 1 is 1.18 bits per heavy atom. The fourth-order valence-corrected chi connectivity index (χ4v) is 3.35. The van der Waals surface area contributed by atoms with Crippen molar-refractivity contribution >= 4 is 28.5 Å². The summed E-state index contributed by atoms with van der Waals surface area (Å²) in [7, 11) is 1.59. The second kappa shape index (κ2) is 10.1. The van der Waals surface area contributed by atoms with Gasteiger partial charge in [0.25, 0.3) is 5.91 Å². The molecule has 0 aliphatic rings. The van der Waals surface area contributed by atoms with Crippen LogP contribution in [0.25, 0.3) is 22.2 Å². The Hall–Kier alpha value is -4.28. The van der Waals surface area contributed by atoms with Crippen molar-refractivity contribution < 1.29 is 18.8 Å². The molecule has 0 fully saturated rings. The number of nitrogens with zero attached hydrogens (tertiary/aromatic N) is 5. The van der Waals surface area contributed by atoms with E-state index in [4.69, 9.17) is 9.26 Å². The number of rotatable bonds is 9. The number of pyridine rings is 1. The van der Waals surface area contributed by atoms with Gasteiger partial charge in [0.05, 0.1) is 6.61 Å². The van der Waals surface area contributed by atoms with Gasteiger partial charge >= 0.3 is 5.97 Å². The zero-order chi connectivity index (χ0) is 24.1. The number of esters is 1. The van der Waals surface area contributed by atoms with Crippen LogP contribution in [-0.2, 0) is 11.8 Å². The van der Waals surface area contributed by atoms with Crippen molar-refractivity contribution in [1.29, 1.82) is 0 Å². The molecule has 4 aromatic rings. The molecule has 4 rings (SSSR count). The van der Waals surface area contributed by atoms with E-state index in [1.54, 1.807) is 20.2 Å². The predicted molar refractivity (Wildman–Crippen MR) is 124 cm³/mol. The van der Waals surface area contributed by atoms with Gasteiger partial charge in [-0.1, -0.05) is 24.2 Å². The number of nitrogens with one attached hydrogen (secondary N) is 2. The topological polar surface area (TPSA) is 137 Å². The number of aromatic nitrogens is 5. The van der Waals surface area contributed by atoms with Crippen molar-refractivity contribution in [3.05, 3.63) is 53.8 Å². The quantitative estimate of drug-likeness (QED) is 0.283. The molecule has 0 aliphatic carbocycles. The molecule has 0 saturated heterocycles. The highest BCUT2D eigenvalue weighted by molar-refractivity contribution is 5.96. The van der Waals surface area contributed by atoms with E-state index >= 15 is 0 Å². The lowest BCUT2D eigenvalue weighted by atomic mass is 10.1. The zero-order valence-corrected chi connectivity index (χ0v) is 19.2. The summed E-state index contributed by atoms with van der Waals surface area (Å²) in [6.45, 7) is 4.72. The minimum atomic E-state index is -0.505. The fraction of sp³-hybridized carbons (Fsp3) is 0.304. The Morgan fingerprint density at radius 2 is 2.03 bits per heavy atom. The van der Waals surface area contributed by atoms with Gasteiger partial charge in [-0.2, -0.15) is 10.1 Å². The predicted octanol–water partition coefficient (Wildman–Crippen LogP) is 2.74. The van der Waals surface area contributed by atoms with E-state index in [0.717, 1.165) is 16.3 Å². The van der Waals surface area contributed by atoms with Crippen molar-refractivity contribution in [2.45, 2.75) is 20.3 Å². The van der Waals surface area contributed by atoms with Crippen LogP contribution in [0, 0.1) is 6.92 Å². The molecular formula is C23H25N7O4. The minimum Gasteiger partial charge on any atom is -0.461 e. The van der Waals surface area contributed by atoms with Gasteiger partial charge < -0.3 is 19.9 Å². The number of hydrogen-bond donors (Lipinski definition) is 2. The number of anilines is 1. The number of benzene rings is 1. The third-order valence-electron chi connectivity index (χ3n) is 5.01. The summed E-state index contributed by atoms with van der Waals surface area (Å²) in [6.07, 6.45) is 2.43. The Morgan fingerprint density at radius 3 is 2.79 bits per heavy atom. The number of carbonyl (C=O) groups is 2. The highest BCUT2D eigenvalue weighted by Gasteiger charge is 2.18. The van der Waals surface area contributed by atoms with Gasteiger partial charge in [0, 0.05) is 50.3 Å². The number of fused-ring (bicyclic) bond motifs is 1. The van der Waals surface area contributed by atoms with Gasteiger partial charge in [0.15, 0.2) is 5.69 Å². The van der Waals surface area contributed by atoms with Gasteiger partial charge in [0.1, 0.15) is 11.5 Å². The summed E-state index contributed by atoms with van der Waals surface area (Å²) in [5.74, 6) is 0.790. The molecule has 11 nitrogen and oxygen atoms in total. The van der Waals surface area contributed by atoms with Crippen LogP contribution in [0.5, 0.6) is 0 Å². The summed E-state index contributed by atoms with van der Waals surface area (Å²) < 4.78 is 11.5. The molecule has 1 amide bonds. The molecule has 0 radical (unpaired) electrons. The molecule has 0 bridgehead atoms. The molecule has 0 unspecified atom stereocenters. The second-order valence-corrected chi connectivity index (χ2v) is 7.59. The van der Waals surface area contributed by atoms with E-state index in [9.17, 15) is 9.59 Å². The Bertz CT molecular complexity index is 1330. The first kappa shape index (κ1) is 22.9. The van der Waals surface area contributed by atoms with Crippen LogP contribution < -0.4 is 10.6 Å². The Labute approximate surface area is 195 Å². The van der Waals surface area contributed by atoms with Gasteiger partial charge in [-0.05, 0) is 23.9 Å². The monoisotopic (exact) mass is 463 g/mol. The van der Waals surface area contributed by atoms with E-state index in [-0.39, 0.29) is 17.3 Å². The SMILES string of the molecule is CCCOC(=O)c1cc(C(=O)NCCNc2nccc3ccc(-c4noc(C)n4)cc23)nn1C. The first-order chi connectivity index (χ1) is 16.5. The van der Waals surface area contributed by atoms with Crippen LogP contribution in [0.3, 0.4) is 0 Å². The first-order valence-electron chi connectivity index (χ1n) is 10.9. The van der Waals surface area contributed by atoms with Crippen LogP contribution in [0.2, 0.25) is 0 Å². The van der Waals surface area contributed by atoms with Crippen molar-refractivity contribution in [2.24, 2.45) is 7.05 Å². The van der Waals surface area contributed by atoms with Crippen molar-refractivity contribution in [3.8, 4) is 11.4 Å². The van der Waals surface area contributed by atoms with E-state index in [2.05, 4.69) is 30.9 Å². The summed E-state index contributed by atoms with van der Waals surface area (Å²) in [4.78, 5) is 33.2. The molecule has 0 atom stereocenters. The van der Waals surface area contributed by atoms with Crippen molar-refractivity contribution in [2.75, 3.05) is 25.0 Å². The van der Waals surface area contributed by atoms with Gasteiger partial charge in [0.2, 0.25) is 11.7 Å². The van der Waals surface area contributed by atoms with Crippen LogP contribution >= 0.6 is 0 Å². The summed E-state index contributed by atoms with van der Waals surface area (Å²) in [5, 5.41) is 16.0. The molecule has 1 aromatic carbocycles. The maximum atomic E-state index is 12.5. The van der Waals surface area contributed by atoms with Gasteiger partial charge in [-0.3, -0.25) is 9.48 Å². The van der Waals surface area contributed by atoms with E-state index < -0.39 is 5.97 Å². The third-order valence-corrected chi connectivity index (χ3v) is 5.01. The van der Waals surface area contributed by atoms with E-state index in [0.29, 0.717) is 43.7 Å². The number of hydrogen-bond acceptors (Lipinski definition) is 9. The number of amides is 1. The zero-order valence-electron chi connectivity index (χ0n) is 19.2. The van der Waals surface area contributed by atoms with E-state index in [1.807, 2.05) is 31.2 Å². The lowest BCUT2D eigenvalue weighted by Gasteiger charge is -2.10. The maximum Gasteiger partial charge on any atom is 0.356 e. The molecule has 0 spiro atoms.